The number of aryl methyl sites for hydroxylation is 1. The van der Waals surface area contributed by atoms with Crippen molar-refractivity contribution in [2.24, 2.45) is 5.92 Å². The molecule has 0 bridgehead atoms. The molecule has 1 fully saturated rings. The Hall–Kier alpha value is -1.02. The largest absolute Gasteiger partial charge is 0.508 e. The monoisotopic (exact) mass is 261 g/mol. The first-order valence-electron chi connectivity index (χ1n) is 7.65. The normalized spacial score (nSPS) is 19.5. The quantitative estimate of drug-likeness (QED) is 0.874. The van der Waals surface area contributed by atoms with E-state index in [9.17, 15) is 5.11 Å². The average Bonchev–Trinajstić information content (AvgIpc) is 2.39. The second-order valence-corrected chi connectivity index (χ2v) is 6.01. The molecule has 1 heterocycles. The van der Waals surface area contributed by atoms with Gasteiger partial charge in [0.1, 0.15) is 5.75 Å². The van der Waals surface area contributed by atoms with Gasteiger partial charge in [0.05, 0.1) is 0 Å². The molecule has 0 saturated carbocycles. The van der Waals surface area contributed by atoms with Crippen LogP contribution in [0.5, 0.6) is 5.75 Å². The molecule has 1 aliphatic heterocycles. The van der Waals surface area contributed by atoms with E-state index >= 15 is 0 Å². The van der Waals surface area contributed by atoms with Gasteiger partial charge in [0.2, 0.25) is 0 Å². The standard InChI is InChI=1S/C17H27NO/c1-4-5-15-8-10-18(11-9-15)14(3)16-7-6-13(2)12-17(16)19/h6-7,12,14-15,19H,4-5,8-11H2,1-3H3. The van der Waals surface area contributed by atoms with Crippen molar-refractivity contribution in [2.45, 2.75) is 52.5 Å². The highest BCUT2D eigenvalue weighted by molar-refractivity contribution is 5.37. The first kappa shape index (κ1) is 14.4. The van der Waals surface area contributed by atoms with Gasteiger partial charge in [-0.2, -0.15) is 0 Å². The number of rotatable bonds is 4. The van der Waals surface area contributed by atoms with E-state index in [2.05, 4.69) is 30.9 Å². The van der Waals surface area contributed by atoms with Gasteiger partial charge >= 0.3 is 0 Å². The predicted molar refractivity (Wildman–Crippen MR) is 80.5 cm³/mol. The molecule has 0 amide bonds. The summed E-state index contributed by atoms with van der Waals surface area (Å²) in [6, 6.07) is 6.36. The van der Waals surface area contributed by atoms with E-state index in [1.807, 2.05) is 13.0 Å². The molecule has 0 aliphatic carbocycles. The molecule has 2 nitrogen and oxygen atoms in total. The molecule has 0 spiro atoms. The van der Waals surface area contributed by atoms with Gasteiger partial charge in [0, 0.05) is 11.6 Å². The minimum Gasteiger partial charge on any atom is -0.508 e. The summed E-state index contributed by atoms with van der Waals surface area (Å²) in [5.74, 6) is 1.36. The molecule has 0 aromatic heterocycles. The number of hydrogen-bond donors (Lipinski definition) is 1. The van der Waals surface area contributed by atoms with Crippen molar-refractivity contribution in [1.29, 1.82) is 0 Å². The Morgan fingerprint density at radius 2 is 2.00 bits per heavy atom. The van der Waals surface area contributed by atoms with Crippen LogP contribution >= 0.6 is 0 Å². The van der Waals surface area contributed by atoms with Crippen molar-refractivity contribution >= 4 is 0 Å². The smallest absolute Gasteiger partial charge is 0.120 e. The zero-order valence-electron chi connectivity index (χ0n) is 12.5. The Kier molecular flexibility index (Phi) is 4.87. The molecule has 1 aromatic carbocycles. The second kappa shape index (κ2) is 6.42. The summed E-state index contributed by atoms with van der Waals surface area (Å²) in [5, 5.41) is 10.1. The lowest BCUT2D eigenvalue weighted by Crippen LogP contribution is -2.35. The van der Waals surface area contributed by atoms with Crippen molar-refractivity contribution in [3.05, 3.63) is 29.3 Å². The Morgan fingerprint density at radius 1 is 1.32 bits per heavy atom. The number of benzene rings is 1. The van der Waals surface area contributed by atoms with E-state index in [1.165, 1.54) is 38.8 Å². The number of likely N-dealkylation sites (tertiary alicyclic amines) is 1. The van der Waals surface area contributed by atoms with Gasteiger partial charge in [-0.05, 0) is 57.3 Å². The maximum Gasteiger partial charge on any atom is 0.120 e. The van der Waals surface area contributed by atoms with Crippen LogP contribution in [0.3, 0.4) is 0 Å². The highest BCUT2D eigenvalue weighted by Gasteiger charge is 2.24. The molecule has 1 saturated heterocycles. The van der Waals surface area contributed by atoms with Crippen LogP contribution in [0.1, 0.15) is 56.7 Å². The van der Waals surface area contributed by atoms with Gasteiger partial charge < -0.3 is 5.11 Å². The van der Waals surface area contributed by atoms with Crippen LogP contribution in [0, 0.1) is 12.8 Å². The minimum absolute atomic E-state index is 0.322. The second-order valence-electron chi connectivity index (χ2n) is 6.01. The fraction of sp³-hybridized carbons (Fsp3) is 0.647. The van der Waals surface area contributed by atoms with Crippen LogP contribution in [0.2, 0.25) is 0 Å². The summed E-state index contributed by atoms with van der Waals surface area (Å²) in [6.07, 6.45) is 5.30. The first-order chi connectivity index (χ1) is 9.11. The number of phenolic OH excluding ortho intramolecular Hbond substituents is 1. The summed E-state index contributed by atoms with van der Waals surface area (Å²) < 4.78 is 0. The van der Waals surface area contributed by atoms with Crippen LogP contribution < -0.4 is 0 Å². The summed E-state index contributed by atoms with van der Waals surface area (Å²) >= 11 is 0. The van der Waals surface area contributed by atoms with Crippen molar-refractivity contribution < 1.29 is 5.11 Å². The maximum absolute atomic E-state index is 10.1. The Labute approximate surface area is 117 Å². The molecule has 2 heteroatoms. The topological polar surface area (TPSA) is 23.5 Å². The molecule has 2 rings (SSSR count). The molecule has 0 radical (unpaired) electrons. The number of nitrogens with zero attached hydrogens (tertiary/aromatic N) is 1. The lowest BCUT2D eigenvalue weighted by atomic mass is 9.91. The number of phenols is 1. The first-order valence-corrected chi connectivity index (χ1v) is 7.65. The van der Waals surface area contributed by atoms with Gasteiger partial charge in [0.15, 0.2) is 0 Å². The third kappa shape index (κ3) is 3.50. The lowest BCUT2D eigenvalue weighted by molar-refractivity contribution is 0.135. The maximum atomic E-state index is 10.1. The molecule has 1 aromatic rings. The summed E-state index contributed by atoms with van der Waals surface area (Å²) in [6.45, 7) is 8.84. The van der Waals surface area contributed by atoms with Gasteiger partial charge in [0.25, 0.3) is 0 Å². The van der Waals surface area contributed by atoms with Crippen LogP contribution in [-0.2, 0) is 0 Å². The highest BCUT2D eigenvalue weighted by atomic mass is 16.3. The third-order valence-electron chi connectivity index (χ3n) is 4.53. The lowest BCUT2D eigenvalue weighted by Gasteiger charge is -2.36. The highest BCUT2D eigenvalue weighted by Crippen LogP contribution is 2.32. The van der Waals surface area contributed by atoms with Crippen LogP contribution in [-0.4, -0.2) is 23.1 Å². The van der Waals surface area contributed by atoms with Gasteiger partial charge in [-0.15, -0.1) is 0 Å². The molecule has 1 unspecified atom stereocenters. The Bertz CT molecular complexity index is 408. The Morgan fingerprint density at radius 3 is 2.58 bits per heavy atom. The molecule has 106 valence electrons. The third-order valence-corrected chi connectivity index (χ3v) is 4.53. The van der Waals surface area contributed by atoms with Crippen LogP contribution in [0.15, 0.2) is 18.2 Å². The number of hydrogen-bond acceptors (Lipinski definition) is 2. The van der Waals surface area contributed by atoms with E-state index in [0.717, 1.165) is 17.0 Å². The van der Waals surface area contributed by atoms with Crippen LogP contribution in [0.4, 0.5) is 0 Å². The van der Waals surface area contributed by atoms with Crippen molar-refractivity contribution in [3.63, 3.8) is 0 Å². The molecule has 19 heavy (non-hydrogen) atoms. The van der Waals surface area contributed by atoms with Crippen molar-refractivity contribution in [1.82, 2.24) is 4.90 Å². The van der Waals surface area contributed by atoms with Crippen molar-refractivity contribution in [3.8, 4) is 5.75 Å². The molecule has 1 N–H and O–H groups in total. The summed E-state index contributed by atoms with van der Waals surface area (Å²) in [7, 11) is 0. The van der Waals surface area contributed by atoms with Gasteiger partial charge in [-0.3, -0.25) is 4.90 Å². The molecule has 1 atom stereocenters. The zero-order valence-corrected chi connectivity index (χ0v) is 12.5. The SMILES string of the molecule is CCCC1CCN(C(C)c2ccc(C)cc2O)CC1. The number of aromatic hydroxyl groups is 1. The minimum atomic E-state index is 0.322. The fourth-order valence-corrected chi connectivity index (χ4v) is 3.24. The molecular formula is C17H27NO. The predicted octanol–water partition coefficient (Wildman–Crippen LogP) is 4.27. The Balaban J connectivity index is 1.99. The van der Waals surface area contributed by atoms with Gasteiger partial charge in [-0.25, -0.2) is 0 Å². The molecular weight excluding hydrogens is 234 g/mol. The van der Waals surface area contributed by atoms with E-state index < -0.39 is 0 Å². The van der Waals surface area contributed by atoms with Crippen LogP contribution in [0.25, 0.3) is 0 Å². The summed E-state index contributed by atoms with van der Waals surface area (Å²) in [5.41, 5.74) is 2.19. The van der Waals surface area contributed by atoms with E-state index in [0.29, 0.717) is 11.8 Å². The van der Waals surface area contributed by atoms with E-state index in [4.69, 9.17) is 0 Å². The number of piperidine rings is 1. The average molecular weight is 261 g/mol. The van der Waals surface area contributed by atoms with E-state index in [-0.39, 0.29) is 0 Å². The van der Waals surface area contributed by atoms with Crippen molar-refractivity contribution in [2.75, 3.05) is 13.1 Å². The zero-order chi connectivity index (χ0) is 13.8. The molecule has 1 aliphatic rings. The fourth-order valence-electron chi connectivity index (χ4n) is 3.24. The summed E-state index contributed by atoms with van der Waals surface area (Å²) in [4.78, 5) is 2.51. The van der Waals surface area contributed by atoms with Gasteiger partial charge in [-0.1, -0.05) is 31.9 Å². The van der Waals surface area contributed by atoms with E-state index in [1.54, 1.807) is 0 Å².